The molecule has 1 saturated heterocycles. The molecular weight excluding hydrogens is 635 g/mol. The highest BCUT2D eigenvalue weighted by molar-refractivity contribution is 6.81. The number of rotatable bonds is 9. The molecule has 0 aromatic rings. The smallest absolute Gasteiger partial charge is 0.0598 e. The second kappa shape index (κ2) is 14.9. The van der Waals surface area contributed by atoms with Crippen molar-refractivity contribution in [3.63, 3.8) is 0 Å². The highest BCUT2D eigenvalue weighted by Crippen LogP contribution is 2.73. The van der Waals surface area contributed by atoms with Crippen molar-refractivity contribution in [2.24, 2.45) is 70.0 Å². The van der Waals surface area contributed by atoms with Crippen molar-refractivity contribution in [1.82, 2.24) is 4.90 Å². The van der Waals surface area contributed by atoms with Gasteiger partial charge in [0.1, 0.15) is 0 Å². The van der Waals surface area contributed by atoms with Crippen molar-refractivity contribution in [3.8, 4) is 0 Å². The Morgan fingerprint density at radius 2 is 1.08 bits per heavy atom. The van der Waals surface area contributed by atoms with Crippen LogP contribution in [-0.2, 0) is 4.74 Å². The summed E-state index contributed by atoms with van der Waals surface area (Å²) in [7, 11) is 0.911. The molecular formula is C48H87NOSi. The third kappa shape index (κ3) is 7.54. The van der Waals surface area contributed by atoms with E-state index in [1.807, 2.05) is 0 Å². The molecule has 0 spiro atoms. The van der Waals surface area contributed by atoms with E-state index in [1.54, 1.807) is 51.0 Å². The minimum atomic E-state index is -1.73. The standard InChI is InChI=1S/C48H87NOSi/c1-46(2,3)32-24-26-34-35-27-25-33(47(4,5)6)31-40(35)44(39(34)30-32)51(11,29-19-13-12-18-28-50-48(7,8)9)45-37-21-15-14-20-36(37)43-42(45)38-22-16-17-23-41(38)49(43)10/h32-45H,12-31H2,1-11H3. The fourth-order valence-electron chi connectivity index (χ4n) is 16.3. The summed E-state index contributed by atoms with van der Waals surface area (Å²) in [4.78, 5) is 3.09. The molecule has 7 aliphatic rings. The number of fused-ring (bicyclic) bond motifs is 8. The van der Waals surface area contributed by atoms with Crippen LogP contribution < -0.4 is 0 Å². The lowest BCUT2D eigenvalue weighted by Crippen LogP contribution is -2.52. The Balaban J connectivity index is 1.27. The summed E-state index contributed by atoms with van der Waals surface area (Å²) in [6.07, 6.45) is 27.2. The molecule has 14 atom stereocenters. The van der Waals surface area contributed by atoms with E-state index >= 15 is 0 Å². The Bertz CT molecular complexity index is 1120. The first-order valence-corrected chi connectivity index (χ1v) is 26.2. The van der Waals surface area contributed by atoms with E-state index < -0.39 is 8.07 Å². The summed E-state index contributed by atoms with van der Waals surface area (Å²) in [5, 5.41) is 0. The predicted octanol–water partition coefficient (Wildman–Crippen LogP) is 13.7. The summed E-state index contributed by atoms with van der Waals surface area (Å²) in [5.74, 6) is 10.2. The predicted molar refractivity (Wildman–Crippen MR) is 222 cm³/mol. The largest absolute Gasteiger partial charge is 0.376 e. The number of unbranched alkanes of at least 4 members (excludes halogenated alkanes) is 3. The molecule has 1 heterocycles. The van der Waals surface area contributed by atoms with Crippen LogP contribution in [0, 0.1) is 70.0 Å². The van der Waals surface area contributed by atoms with Crippen LogP contribution in [0.4, 0.5) is 0 Å². The number of likely N-dealkylation sites (tertiary alicyclic amines) is 1. The maximum atomic E-state index is 6.20. The zero-order chi connectivity index (χ0) is 36.5. The quantitative estimate of drug-likeness (QED) is 0.174. The topological polar surface area (TPSA) is 12.5 Å². The molecule has 3 heteroatoms. The normalized spacial score (nSPS) is 44.3. The molecule has 0 amide bonds. The van der Waals surface area contributed by atoms with Crippen LogP contribution in [0.25, 0.3) is 0 Å². The average molecular weight is 722 g/mol. The lowest BCUT2D eigenvalue weighted by molar-refractivity contribution is -0.00471. The van der Waals surface area contributed by atoms with Crippen molar-refractivity contribution >= 4 is 8.07 Å². The van der Waals surface area contributed by atoms with Crippen molar-refractivity contribution in [2.75, 3.05) is 13.7 Å². The highest BCUT2D eigenvalue weighted by atomic mass is 28.3. The molecule has 2 nitrogen and oxygen atoms in total. The van der Waals surface area contributed by atoms with Gasteiger partial charge in [0.15, 0.2) is 0 Å². The molecule has 51 heavy (non-hydrogen) atoms. The maximum Gasteiger partial charge on any atom is 0.0598 e. The van der Waals surface area contributed by atoms with Gasteiger partial charge in [-0.15, -0.1) is 0 Å². The molecule has 7 fully saturated rings. The van der Waals surface area contributed by atoms with Gasteiger partial charge in [-0.2, -0.15) is 0 Å². The van der Waals surface area contributed by atoms with Gasteiger partial charge in [-0.25, -0.2) is 0 Å². The van der Waals surface area contributed by atoms with E-state index in [9.17, 15) is 0 Å². The summed E-state index contributed by atoms with van der Waals surface area (Å²) >= 11 is 0. The van der Waals surface area contributed by atoms with Crippen LogP contribution in [0.3, 0.4) is 0 Å². The first kappa shape index (κ1) is 39.4. The van der Waals surface area contributed by atoms with E-state index in [2.05, 4.69) is 80.8 Å². The van der Waals surface area contributed by atoms with Crippen molar-refractivity contribution < 1.29 is 4.74 Å². The summed E-state index contributed by atoms with van der Waals surface area (Å²) in [5.41, 5.74) is 3.10. The molecule has 0 radical (unpaired) electrons. The molecule has 0 aromatic carbocycles. The van der Waals surface area contributed by atoms with Gasteiger partial charge in [0.25, 0.3) is 0 Å². The van der Waals surface area contributed by atoms with Crippen molar-refractivity contribution in [1.29, 1.82) is 0 Å². The van der Waals surface area contributed by atoms with Crippen LogP contribution in [0.2, 0.25) is 23.7 Å². The lowest BCUT2D eigenvalue weighted by atomic mass is 9.62. The van der Waals surface area contributed by atoms with Crippen LogP contribution in [-0.4, -0.2) is 44.3 Å². The minimum Gasteiger partial charge on any atom is -0.376 e. The highest BCUT2D eigenvalue weighted by Gasteiger charge is 2.69. The SMILES string of the molecule is CN1C2CCCCC2C2C1C1CCCCC1C2[Si](C)(CCCCCCOC(C)(C)C)C1C2CC(C(C)(C)C)CCC2C2CCC(C(C)(C)C)CC21. The third-order valence-corrected chi connectivity index (χ3v) is 24.5. The second-order valence-electron chi connectivity index (χ2n) is 24.0. The van der Waals surface area contributed by atoms with Gasteiger partial charge in [-0.1, -0.05) is 106 Å². The second-order valence-corrected chi connectivity index (χ2v) is 28.8. The van der Waals surface area contributed by atoms with Crippen LogP contribution in [0.15, 0.2) is 0 Å². The first-order chi connectivity index (χ1) is 24.0. The molecule has 6 aliphatic carbocycles. The number of nitrogens with zero attached hydrogens (tertiary/aromatic N) is 1. The Morgan fingerprint density at radius 3 is 1.65 bits per heavy atom. The van der Waals surface area contributed by atoms with E-state index in [1.165, 1.54) is 70.6 Å². The molecule has 0 aromatic heterocycles. The van der Waals surface area contributed by atoms with E-state index in [-0.39, 0.29) is 5.60 Å². The van der Waals surface area contributed by atoms with Gasteiger partial charge < -0.3 is 4.74 Å². The van der Waals surface area contributed by atoms with E-state index in [4.69, 9.17) is 4.74 Å². The summed E-state index contributed by atoms with van der Waals surface area (Å²) < 4.78 is 6.20. The fraction of sp³-hybridized carbons (Fsp3) is 1.00. The van der Waals surface area contributed by atoms with Gasteiger partial charge in [-0.3, -0.25) is 4.90 Å². The molecule has 294 valence electrons. The molecule has 6 saturated carbocycles. The fourth-order valence-corrected chi connectivity index (χ4v) is 23.9. The summed E-state index contributed by atoms with van der Waals surface area (Å²) in [6, 6.07) is 3.48. The number of hydrogen-bond donors (Lipinski definition) is 0. The lowest BCUT2D eigenvalue weighted by Gasteiger charge is -2.53. The molecule has 1 aliphatic heterocycles. The van der Waals surface area contributed by atoms with Crippen LogP contribution in [0.1, 0.15) is 178 Å². The zero-order valence-corrected chi connectivity index (χ0v) is 37.1. The maximum absolute atomic E-state index is 6.20. The van der Waals surface area contributed by atoms with Crippen LogP contribution in [0.5, 0.6) is 0 Å². The molecule has 14 unspecified atom stereocenters. The third-order valence-electron chi connectivity index (χ3n) is 18.4. The summed E-state index contributed by atoms with van der Waals surface area (Å²) in [6.45, 7) is 26.4. The van der Waals surface area contributed by atoms with E-state index in [0.29, 0.717) is 10.8 Å². The van der Waals surface area contributed by atoms with E-state index in [0.717, 1.165) is 89.0 Å². The van der Waals surface area contributed by atoms with Gasteiger partial charge >= 0.3 is 0 Å². The Kier molecular flexibility index (Phi) is 11.5. The number of hydrogen-bond acceptors (Lipinski definition) is 2. The van der Waals surface area contributed by atoms with Crippen molar-refractivity contribution in [2.45, 2.75) is 219 Å². The van der Waals surface area contributed by atoms with Crippen molar-refractivity contribution in [3.05, 3.63) is 0 Å². The van der Waals surface area contributed by atoms with Crippen LogP contribution >= 0.6 is 0 Å². The molecule has 7 rings (SSSR count). The minimum absolute atomic E-state index is 0.00215. The van der Waals surface area contributed by atoms with Gasteiger partial charge in [-0.05, 0) is 173 Å². The monoisotopic (exact) mass is 722 g/mol. The Morgan fingerprint density at radius 1 is 0.549 bits per heavy atom. The zero-order valence-electron chi connectivity index (χ0n) is 36.1. The van der Waals surface area contributed by atoms with Gasteiger partial charge in [0, 0.05) is 18.7 Å². The molecule has 0 N–H and O–H groups in total. The molecule has 0 bridgehead atoms. The van der Waals surface area contributed by atoms with Gasteiger partial charge in [0.2, 0.25) is 0 Å². The Hall–Kier alpha value is 0.137. The van der Waals surface area contributed by atoms with Gasteiger partial charge in [0.05, 0.1) is 13.7 Å². The first-order valence-electron chi connectivity index (χ1n) is 23.4. The number of ether oxygens (including phenoxy) is 1. The Labute approximate surface area is 319 Å². The average Bonchev–Trinajstić information content (AvgIpc) is 3.69.